The first-order valence-corrected chi connectivity index (χ1v) is 7.62. The molecule has 2 aromatic heterocycles. The highest BCUT2D eigenvalue weighted by atomic mass is 32.1. The molecule has 112 valence electrons. The molecule has 0 atom stereocenters. The Morgan fingerprint density at radius 2 is 2.24 bits per heavy atom. The van der Waals surface area contributed by atoms with E-state index in [1.54, 1.807) is 4.68 Å². The second-order valence-corrected chi connectivity index (χ2v) is 6.22. The van der Waals surface area contributed by atoms with Crippen molar-refractivity contribution < 1.29 is 9.90 Å². The predicted octanol–water partition coefficient (Wildman–Crippen LogP) is 0.837. The summed E-state index contributed by atoms with van der Waals surface area (Å²) in [6.07, 6.45) is 3.27. The fourth-order valence-corrected chi connectivity index (χ4v) is 2.96. The molecular weight excluding hydrogens is 292 g/mol. The molecule has 0 unspecified atom stereocenters. The molecule has 1 fully saturated rings. The van der Waals surface area contributed by atoms with Crippen LogP contribution in [-0.4, -0.2) is 36.2 Å². The average Bonchev–Trinajstić information content (AvgIpc) is 2.95. The van der Waals surface area contributed by atoms with E-state index >= 15 is 0 Å². The zero-order valence-corrected chi connectivity index (χ0v) is 12.4. The minimum Gasteiger partial charge on any atom is -0.390 e. The summed E-state index contributed by atoms with van der Waals surface area (Å²) in [6.45, 7) is 1.74. The van der Waals surface area contributed by atoms with Crippen LogP contribution in [0.4, 0.5) is 5.13 Å². The molecule has 1 aliphatic rings. The number of aromatic nitrogens is 5. The molecule has 0 aliphatic heterocycles. The molecule has 2 N–H and O–H groups in total. The van der Waals surface area contributed by atoms with E-state index < -0.39 is 0 Å². The van der Waals surface area contributed by atoms with E-state index in [1.165, 1.54) is 11.3 Å². The Morgan fingerprint density at radius 1 is 1.43 bits per heavy atom. The number of aryl methyl sites for hydroxylation is 1. The molecule has 2 aromatic rings. The highest BCUT2D eigenvalue weighted by Gasteiger charge is 2.28. The highest BCUT2D eigenvalue weighted by molar-refractivity contribution is 7.15. The maximum absolute atomic E-state index is 12.0. The van der Waals surface area contributed by atoms with Crippen molar-refractivity contribution in [2.24, 2.45) is 0 Å². The fraction of sp³-hybridized carbons (Fsp3) is 0.583. The van der Waals surface area contributed by atoms with Gasteiger partial charge in [-0.15, -0.1) is 15.3 Å². The van der Waals surface area contributed by atoms with Crippen molar-refractivity contribution in [1.29, 1.82) is 0 Å². The van der Waals surface area contributed by atoms with Crippen LogP contribution in [0.15, 0.2) is 0 Å². The minimum absolute atomic E-state index is 0.0669. The van der Waals surface area contributed by atoms with Crippen molar-refractivity contribution in [2.75, 3.05) is 5.32 Å². The summed E-state index contributed by atoms with van der Waals surface area (Å²) in [5.41, 5.74) is 1.45. The van der Waals surface area contributed by atoms with Gasteiger partial charge in [0, 0.05) is 5.92 Å². The summed E-state index contributed by atoms with van der Waals surface area (Å²) in [6, 6.07) is 0. The maximum Gasteiger partial charge on any atom is 0.248 e. The number of carbonyl (C=O) groups is 1. The van der Waals surface area contributed by atoms with Gasteiger partial charge in [0.1, 0.15) is 17.2 Å². The summed E-state index contributed by atoms with van der Waals surface area (Å²) >= 11 is 1.32. The number of rotatable bonds is 5. The summed E-state index contributed by atoms with van der Waals surface area (Å²) in [7, 11) is 0. The molecule has 8 nitrogen and oxygen atoms in total. The number of hydrogen-bond donors (Lipinski definition) is 2. The van der Waals surface area contributed by atoms with Gasteiger partial charge in [0.25, 0.3) is 0 Å². The Morgan fingerprint density at radius 3 is 2.81 bits per heavy atom. The molecule has 0 radical (unpaired) electrons. The summed E-state index contributed by atoms with van der Waals surface area (Å²) in [5.74, 6) is 0.125. The Kier molecular flexibility index (Phi) is 3.93. The van der Waals surface area contributed by atoms with Gasteiger partial charge in [-0.3, -0.25) is 10.1 Å². The summed E-state index contributed by atoms with van der Waals surface area (Å²) in [5, 5.41) is 29.0. The molecule has 3 rings (SSSR count). The van der Waals surface area contributed by atoms with Crippen LogP contribution in [0.3, 0.4) is 0 Å². The monoisotopic (exact) mass is 308 g/mol. The zero-order chi connectivity index (χ0) is 14.8. The fourth-order valence-electron chi connectivity index (χ4n) is 2.36. The lowest BCUT2D eigenvalue weighted by molar-refractivity contribution is -0.117. The molecule has 0 bridgehead atoms. The Bertz CT molecular complexity index is 648. The lowest BCUT2D eigenvalue weighted by atomic mass is 9.82. The lowest BCUT2D eigenvalue weighted by Crippen LogP contribution is -2.24. The first kappa shape index (κ1) is 14.1. The Balaban J connectivity index is 1.72. The van der Waals surface area contributed by atoms with Crippen LogP contribution in [0.2, 0.25) is 0 Å². The van der Waals surface area contributed by atoms with Crippen LogP contribution < -0.4 is 5.32 Å². The Labute approximate surface area is 125 Å². The molecule has 1 saturated carbocycles. The van der Waals surface area contributed by atoms with E-state index in [9.17, 15) is 9.90 Å². The SMILES string of the molecule is Cc1nnc(NC(=O)Cn2nnc(CO)c2C2CCC2)s1. The van der Waals surface area contributed by atoms with Crippen molar-refractivity contribution >= 4 is 22.4 Å². The van der Waals surface area contributed by atoms with Crippen LogP contribution in [0.5, 0.6) is 0 Å². The number of aliphatic hydroxyl groups is 1. The standard InChI is InChI=1S/C12H16N6O2S/c1-7-14-16-12(21-7)13-10(20)5-18-11(8-3-2-4-8)9(6-19)15-17-18/h8,19H,2-6H2,1H3,(H,13,16,20). The molecule has 9 heteroatoms. The van der Waals surface area contributed by atoms with Crippen molar-refractivity contribution in [1.82, 2.24) is 25.2 Å². The van der Waals surface area contributed by atoms with Gasteiger partial charge in [-0.1, -0.05) is 23.0 Å². The highest BCUT2D eigenvalue weighted by Crippen LogP contribution is 2.37. The number of aliphatic hydroxyl groups excluding tert-OH is 1. The van der Waals surface area contributed by atoms with Gasteiger partial charge in [-0.05, 0) is 19.8 Å². The van der Waals surface area contributed by atoms with E-state index in [-0.39, 0.29) is 19.1 Å². The second-order valence-electron chi connectivity index (χ2n) is 5.04. The minimum atomic E-state index is -0.221. The molecule has 2 heterocycles. The van der Waals surface area contributed by atoms with Gasteiger partial charge in [-0.2, -0.15) is 0 Å². The largest absolute Gasteiger partial charge is 0.390 e. The quantitative estimate of drug-likeness (QED) is 0.847. The van der Waals surface area contributed by atoms with E-state index in [1.807, 2.05) is 6.92 Å². The van der Waals surface area contributed by atoms with E-state index in [2.05, 4.69) is 25.8 Å². The van der Waals surface area contributed by atoms with E-state index in [0.29, 0.717) is 16.7 Å². The van der Waals surface area contributed by atoms with Gasteiger partial charge in [-0.25, -0.2) is 4.68 Å². The number of hydrogen-bond acceptors (Lipinski definition) is 7. The van der Waals surface area contributed by atoms with Crippen molar-refractivity contribution in [3.05, 3.63) is 16.4 Å². The molecule has 1 amide bonds. The number of nitrogens with one attached hydrogen (secondary N) is 1. The van der Waals surface area contributed by atoms with Gasteiger partial charge in [0.05, 0.1) is 12.3 Å². The summed E-state index contributed by atoms with van der Waals surface area (Å²) < 4.78 is 1.58. The van der Waals surface area contributed by atoms with Gasteiger partial charge in [0.15, 0.2) is 0 Å². The smallest absolute Gasteiger partial charge is 0.248 e. The van der Waals surface area contributed by atoms with E-state index in [0.717, 1.165) is 30.0 Å². The molecule has 0 aromatic carbocycles. The lowest BCUT2D eigenvalue weighted by Gasteiger charge is -2.26. The zero-order valence-electron chi connectivity index (χ0n) is 11.6. The molecule has 0 spiro atoms. The third kappa shape index (κ3) is 2.93. The number of carbonyl (C=O) groups excluding carboxylic acids is 1. The third-order valence-corrected chi connectivity index (χ3v) is 4.31. The Hall–Kier alpha value is -1.87. The molecule has 0 saturated heterocycles. The third-order valence-electron chi connectivity index (χ3n) is 3.55. The molecule has 1 aliphatic carbocycles. The van der Waals surface area contributed by atoms with Crippen molar-refractivity contribution in [3.8, 4) is 0 Å². The number of anilines is 1. The van der Waals surface area contributed by atoms with Gasteiger partial charge < -0.3 is 5.11 Å². The van der Waals surface area contributed by atoms with Gasteiger partial charge >= 0.3 is 0 Å². The van der Waals surface area contributed by atoms with E-state index in [4.69, 9.17) is 0 Å². The normalized spacial score (nSPS) is 15.0. The first-order chi connectivity index (χ1) is 10.2. The van der Waals surface area contributed by atoms with Crippen LogP contribution in [-0.2, 0) is 17.9 Å². The molecular formula is C12H16N6O2S. The van der Waals surface area contributed by atoms with Crippen molar-refractivity contribution in [3.63, 3.8) is 0 Å². The first-order valence-electron chi connectivity index (χ1n) is 6.80. The van der Waals surface area contributed by atoms with Crippen LogP contribution in [0.25, 0.3) is 0 Å². The number of nitrogens with zero attached hydrogens (tertiary/aromatic N) is 5. The number of amides is 1. The maximum atomic E-state index is 12.0. The van der Waals surface area contributed by atoms with Gasteiger partial charge in [0.2, 0.25) is 11.0 Å². The second kappa shape index (κ2) is 5.86. The summed E-state index contributed by atoms with van der Waals surface area (Å²) in [4.78, 5) is 12.0. The predicted molar refractivity (Wildman–Crippen MR) is 75.8 cm³/mol. The topological polar surface area (TPSA) is 106 Å². The average molecular weight is 308 g/mol. The van der Waals surface area contributed by atoms with Crippen LogP contribution >= 0.6 is 11.3 Å². The van der Waals surface area contributed by atoms with Crippen LogP contribution in [0, 0.1) is 6.92 Å². The van der Waals surface area contributed by atoms with Crippen molar-refractivity contribution in [2.45, 2.75) is 45.3 Å². The molecule has 21 heavy (non-hydrogen) atoms. The van der Waals surface area contributed by atoms with Crippen LogP contribution in [0.1, 0.15) is 41.6 Å².